The molecule has 0 aliphatic carbocycles. The quantitative estimate of drug-likeness (QED) is 0.782. The summed E-state index contributed by atoms with van der Waals surface area (Å²) in [4.78, 5) is 10.4. The zero-order chi connectivity index (χ0) is 12.0. The van der Waals surface area contributed by atoms with E-state index in [1.54, 1.807) is 0 Å². The molecule has 1 aromatic heterocycles. The fourth-order valence-corrected chi connectivity index (χ4v) is 1.72. The van der Waals surface area contributed by atoms with Crippen LogP contribution < -0.4 is 16.0 Å². The van der Waals surface area contributed by atoms with E-state index in [1.807, 2.05) is 31.8 Å². The zero-order valence-electron chi connectivity index (χ0n) is 10.0. The van der Waals surface area contributed by atoms with Gasteiger partial charge >= 0.3 is 0 Å². The zero-order valence-corrected chi connectivity index (χ0v) is 10.8. The first-order valence-electron chi connectivity index (χ1n) is 5.26. The average Bonchev–Trinajstić information content (AvgIpc) is 2.25. The van der Waals surface area contributed by atoms with Gasteiger partial charge in [-0.1, -0.05) is 0 Å². The molecule has 0 fully saturated rings. The maximum Gasteiger partial charge on any atom is 0.223 e. The summed E-state index contributed by atoms with van der Waals surface area (Å²) in [5, 5.41) is 3.14. The monoisotopic (exact) mass is 241 g/mol. The van der Waals surface area contributed by atoms with Crippen molar-refractivity contribution in [3.05, 3.63) is 6.07 Å². The average molecular weight is 241 g/mol. The Hall–Kier alpha value is -1.17. The molecule has 16 heavy (non-hydrogen) atoms. The third-order valence-corrected chi connectivity index (χ3v) is 2.70. The number of nitrogens with two attached hydrogens (primary N) is 1. The minimum absolute atomic E-state index is 0.310. The van der Waals surface area contributed by atoms with Gasteiger partial charge < -0.3 is 16.0 Å². The SMILES string of the molecule is CCNc1cc(N(C)CCSC)nc(N)n1. The number of rotatable bonds is 6. The highest BCUT2D eigenvalue weighted by atomic mass is 32.2. The second kappa shape index (κ2) is 6.42. The topological polar surface area (TPSA) is 67.1 Å². The van der Waals surface area contributed by atoms with E-state index in [-0.39, 0.29) is 0 Å². The van der Waals surface area contributed by atoms with Crippen molar-refractivity contribution in [2.24, 2.45) is 0 Å². The van der Waals surface area contributed by atoms with Crippen LogP contribution >= 0.6 is 11.8 Å². The predicted molar refractivity (Wildman–Crippen MR) is 72.3 cm³/mol. The van der Waals surface area contributed by atoms with Crippen LogP contribution in [0.2, 0.25) is 0 Å². The molecule has 0 bridgehead atoms. The highest BCUT2D eigenvalue weighted by Crippen LogP contribution is 2.15. The molecule has 3 N–H and O–H groups in total. The Labute approximate surface area is 101 Å². The molecule has 90 valence electrons. The van der Waals surface area contributed by atoms with Gasteiger partial charge in [-0.25, -0.2) is 0 Å². The number of hydrogen-bond donors (Lipinski definition) is 2. The Morgan fingerprint density at radius 1 is 1.50 bits per heavy atom. The van der Waals surface area contributed by atoms with E-state index in [2.05, 4.69) is 26.4 Å². The lowest BCUT2D eigenvalue weighted by Gasteiger charge is -2.18. The Kier molecular flexibility index (Phi) is 5.18. The summed E-state index contributed by atoms with van der Waals surface area (Å²) in [5.41, 5.74) is 5.66. The van der Waals surface area contributed by atoms with Crippen LogP contribution in [0.5, 0.6) is 0 Å². The lowest BCUT2D eigenvalue weighted by Crippen LogP contribution is -2.22. The van der Waals surface area contributed by atoms with Crippen molar-refractivity contribution in [3.63, 3.8) is 0 Å². The lowest BCUT2D eigenvalue weighted by molar-refractivity contribution is 0.939. The molecule has 0 radical (unpaired) electrons. The van der Waals surface area contributed by atoms with Gasteiger partial charge in [0.25, 0.3) is 0 Å². The molecule has 0 aliphatic rings. The van der Waals surface area contributed by atoms with Crippen LogP contribution in [0.15, 0.2) is 6.07 Å². The molecular formula is C10H19N5S. The summed E-state index contributed by atoms with van der Waals surface area (Å²) in [6.07, 6.45) is 2.09. The van der Waals surface area contributed by atoms with Crippen LogP contribution in [0.4, 0.5) is 17.6 Å². The maximum atomic E-state index is 5.66. The number of anilines is 3. The number of aromatic nitrogens is 2. The van der Waals surface area contributed by atoms with Crippen LogP contribution in [0.25, 0.3) is 0 Å². The number of hydrogen-bond acceptors (Lipinski definition) is 6. The van der Waals surface area contributed by atoms with E-state index in [0.29, 0.717) is 5.95 Å². The molecule has 0 saturated heterocycles. The van der Waals surface area contributed by atoms with Crippen LogP contribution in [0.3, 0.4) is 0 Å². The molecule has 0 atom stereocenters. The second-order valence-corrected chi connectivity index (χ2v) is 4.40. The molecule has 1 rings (SSSR count). The number of nitrogens with zero attached hydrogens (tertiary/aromatic N) is 3. The summed E-state index contributed by atoms with van der Waals surface area (Å²) in [7, 11) is 2.01. The van der Waals surface area contributed by atoms with Gasteiger partial charge in [0, 0.05) is 32.0 Å². The third kappa shape index (κ3) is 3.77. The van der Waals surface area contributed by atoms with Gasteiger partial charge in [0.05, 0.1) is 0 Å². The number of nitrogen functional groups attached to an aromatic ring is 1. The molecular weight excluding hydrogens is 222 g/mol. The van der Waals surface area contributed by atoms with E-state index in [0.717, 1.165) is 30.5 Å². The first-order valence-corrected chi connectivity index (χ1v) is 6.65. The minimum Gasteiger partial charge on any atom is -0.370 e. The Balaban J connectivity index is 2.78. The fourth-order valence-electron chi connectivity index (χ4n) is 1.26. The number of thioether (sulfide) groups is 1. The van der Waals surface area contributed by atoms with Crippen molar-refractivity contribution >= 4 is 29.3 Å². The van der Waals surface area contributed by atoms with Gasteiger partial charge in [-0.05, 0) is 13.2 Å². The lowest BCUT2D eigenvalue weighted by atomic mass is 10.4. The van der Waals surface area contributed by atoms with Crippen molar-refractivity contribution in [2.45, 2.75) is 6.92 Å². The molecule has 6 heteroatoms. The van der Waals surface area contributed by atoms with Crippen LogP contribution in [-0.4, -0.2) is 42.1 Å². The van der Waals surface area contributed by atoms with E-state index >= 15 is 0 Å². The normalized spacial score (nSPS) is 10.2. The molecule has 0 aromatic carbocycles. The highest BCUT2D eigenvalue weighted by Gasteiger charge is 2.06. The van der Waals surface area contributed by atoms with Gasteiger partial charge in [0.1, 0.15) is 11.6 Å². The van der Waals surface area contributed by atoms with E-state index in [1.165, 1.54) is 0 Å². The summed E-state index contributed by atoms with van der Waals surface area (Å²) >= 11 is 1.81. The van der Waals surface area contributed by atoms with Crippen LogP contribution in [-0.2, 0) is 0 Å². The fraction of sp³-hybridized carbons (Fsp3) is 0.600. The van der Waals surface area contributed by atoms with Crippen LogP contribution in [0.1, 0.15) is 6.92 Å². The van der Waals surface area contributed by atoms with Crippen molar-refractivity contribution in [2.75, 3.05) is 48.1 Å². The first-order chi connectivity index (χ1) is 7.67. The highest BCUT2D eigenvalue weighted by molar-refractivity contribution is 7.98. The van der Waals surface area contributed by atoms with E-state index in [4.69, 9.17) is 5.73 Å². The minimum atomic E-state index is 0.310. The third-order valence-electron chi connectivity index (χ3n) is 2.11. The first kappa shape index (κ1) is 12.9. The smallest absolute Gasteiger partial charge is 0.223 e. The molecule has 1 aromatic rings. The molecule has 1 heterocycles. The van der Waals surface area contributed by atoms with Gasteiger partial charge in [-0.2, -0.15) is 21.7 Å². The molecule has 0 spiro atoms. The van der Waals surface area contributed by atoms with Crippen molar-refractivity contribution < 1.29 is 0 Å². The van der Waals surface area contributed by atoms with Gasteiger partial charge in [-0.15, -0.1) is 0 Å². The molecule has 0 unspecified atom stereocenters. The maximum absolute atomic E-state index is 5.66. The van der Waals surface area contributed by atoms with Crippen LogP contribution in [0, 0.1) is 0 Å². The van der Waals surface area contributed by atoms with E-state index in [9.17, 15) is 0 Å². The molecule has 0 aliphatic heterocycles. The predicted octanol–water partition coefficient (Wildman–Crippen LogP) is 1.29. The molecule has 0 saturated carbocycles. The molecule has 5 nitrogen and oxygen atoms in total. The Bertz CT molecular complexity index is 331. The van der Waals surface area contributed by atoms with Crippen molar-refractivity contribution in [1.82, 2.24) is 9.97 Å². The van der Waals surface area contributed by atoms with Crippen molar-refractivity contribution in [1.29, 1.82) is 0 Å². The van der Waals surface area contributed by atoms with E-state index < -0.39 is 0 Å². The number of nitrogens with one attached hydrogen (secondary N) is 1. The van der Waals surface area contributed by atoms with Gasteiger partial charge in [-0.3, -0.25) is 0 Å². The summed E-state index contributed by atoms with van der Waals surface area (Å²) in [5.74, 6) is 3.01. The standard InChI is InChI=1S/C10H19N5S/c1-4-12-8-7-9(14-10(11)13-8)15(2)5-6-16-3/h7H,4-6H2,1-3H3,(H3,11,12,13,14). The summed E-state index contributed by atoms with van der Waals surface area (Å²) in [6, 6.07) is 1.92. The summed E-state index contributed by atoms with van der Waals surface area (Å²) in [6.45, 7) is 3.79. The Morgan fingerprint density at radius 3 is 2.88 bits per heavy atom. The largest absolute Gasteiger partial charge is 0.370 e. The second-order valence-electron chi connectivity index (χ2n) is 3.41. The van der Waals surface area contributed by atoms with Crippen molar-refractivity contribution in [3.8, 4) is 0 Å². The van der Waals surface area contributed by atoms with Gasteiger partial charge in [0.15, 0.2) is 0 Å². The molecule has 0 amide bonds. The summed E-state index contributed by atoms with van der Waals surface area (Å²) < 4.78 is 0. The van der Waals surface area contributed by atoms with Gasteiger partial charge in [0.2, 0.25) is 5.95 Å². The Morgan fingerprint density at radius 2 is 2.25 bits per heavy atom.